The number of aromatic nitrogens is 1. The first kappa shape index (κ1) is 13.5. The van der Waals surface area contributed by atoms with Gasteiger partial charge in [0.25, 0.3) is 0 Å². The summed E-state index contributed by atoms with van der Waals surface area (Å²) in [4.78, 5) is 6.80. The van der Waals surface area contributed by atoms with Crippen molar-refractivity contribution in [1.29, 1.82) is 0 Å². The summed E-state index contributed by atoms with van der Waals surface area (Å²) in [5, 5.41) is 0. The molecule has 1 saturated heterocycles. The molecular formula is C14H23N3O. The van der Waals surface area contributed by atoms with Crippen molar-refractivity contribution in [3.05, 3.63) is 29.6 Å². The lowest BCUT2D eigenvalue weighted by atomic mass is 9.98. The Kier molecular flexibility index (Phi) is 4.69. The summed E-state index contributed by atoms with van der Waals surface area (Å²) in [6.45, 7) is 4.75. The van der Waals surface area contributed by atoms with Crippen molar-refractivity contribution in [1.82, 2.24) is 9.88 Å². The zero-order valence-corrected chi connectivity index (χ0v) is 11.3. The van der Waals surface area contributed by atoms with E-state index in [1.807, 2.05) is 12.3 Å². The monoisotopic (exact) mass is 249 g/mol. The Bertz CT molecular complexity index is 383. The molecule has 0 saturated carbocycles. The number of rotatable bonds is 4. The number of hydrogen-bond donors (Lipinski definition) is 1. The third kappa shape index (κ3) is 3.07. The second-order valence-corrected chi connectivity index (χ2v) is 4.99. The van der Waals surface area contributed by atoms with Crippen LogP contribution in [-0.4, -0.2) is 42.2 Å². The molecule has 2 atom stereocenters. The second kappa shape index (κ2) is 6.27. The predicted octanol–water partition coefficient (Wildman–Crippen LogP) is 1.33. The van der Waals surface area contributed by atoms with Gasteiger partial charge in [0.15, 0.2) is 0 Å². The highest BCUT2D eigenvalue weighted by Gasteiger charge is 2.27. The van der Waals surface area contributed by atoms with Gasteiger partial charge in [-0.2, -0.15) is 0 Å². The fourth-order valence-corrected chi connectivity index (χ4v) is 2.63. The van der Waals surface area contributed by atoms with Gasteiger partial charge >= 0.3 is 0 Å². The number of nitrogens with two attached hydrogens (primary N) is 1. The van der Waals surface area contributed by atoms with E-state index < -0.39 is 0 Å². The average Bonchev–Trinajstić information content (AvgIpc) is 2.41. The number of nitrogens with zero attached hydrogens (tertiary/aromatic N) is 2. The second-order valence-electron chi connectivity index (χ2n) is 4.99. The molecule has 0 amide bonds. The molecule has 0 bridgehead atoms. The zero-order chi connectivity index (χ0) is 13.0. The van der Waals surface area contributed by atoms with E-state index in [9.17, 15) is 0 Å². The van der Waals surface area contributed by atoms with Crippen LogP contribution in [0, 0.1) is 6.92 Å². The van der Waals surface area contributed by atoms with E-state index in [1.54, 1.807) is 7.11 Å². The minimum atomic E-state index is 0.366. The first-order valence-corrected chi connectivity index (χ1v) is 6.62. The van der Waals surface area contributed by atoms with Crippen molar-refractivity contribution >= 4 is 0 Å². The number of aryl methyl sites for hydroxylation is 1. The molecule has 18 heavy (non-hydrogen) atoms. The van der Waals surface area contributed by atoms with Gasteiger partial charge in [-0.15, -0.1) is 0 Å². The SMILES string of the molecule is COC1CCN(Cc2cccnc2C)C(CN)C1. The van der Waals surface area contributed by atoms with Crippen LogP contribution in [-0.2, 0) is 11.3 Å². The van der Waals surface area contributed by atoms with Crippen molar-refractivity contribution in [3.63, 3.8) is 0 Å². The normalized spacial score (nSPS) is 25.3. The van der Waals surface area contributed by atoms with Crippen molar-refractivity contribution in [2.45, 2.75) is 38.5 Å². The van der Waals surface area contributed by atoms with E-state index in [0.717, 1.165) is 31.6 Å². The Hall–Kier alpha value is -0.970. The Balaban J connectivity index is 2.02. The van der Waals surface area contributed by atoms with Crippen LogP contribution in [0.15, 0.2) is 18.3 Å². The van der Waals surface area contributed by atoms with Crippen LogP contribution in [0.1, 0.15) is 24.1 Å². The molecule has 4 nitrogen and oxygen atoms in total. The highest BCUT2D eigenvalue weighted by Crippen LogP contribution is 2.21. The highest BCUT2D eigenvalue weighted by atomic mass is 16.5. The summed E-state index contributed by atoms with van der Waals surface area (Å²) in [5.41, 5.74) is 8.30. The summed E-state index contributed by atoms with van der Waals surface area (Å²) in [6, 6.07) is 4.57. The van der Waals surface area contributed by atoms with Gasteiger partial charge in [0.05, 0.1) is 6.10 Å². The highest BCUT2D eigenvalue weighted by molar-refractivity contribution is 5.18. The quantitative estimate of drug-likeness (QED) is 0.874. The molecule has 1 fully saturated rings. The molecule has 100 valence electrons. The lowest BCUT2D eigenvalue weighted by molar-refractivity contribution is 0.0101. The molecule has 0 radical (unpaired) electrons. The molecule has 1 aliphatic rings. The largest absolute Gasteiger partial charge is 0.381 e. The molecule has 2 heterocycles. The summed E-state index contributed by atoms with van der Waals surface area (Å²) < 4.78 is 5.45. The standard InChI is InChI=1S/C14H23N3O/c1-11-12(4-3-6-16-11)10-17-7-5-14(18-2)8-13(17)9-15/h3-4,6,13-14H,5,7-10,15H2,1-2H3. The average molecular weight is 249 g/mol. The van der Waals surface area contributed by atoms with Gasteiger partial charge in [-0.1, -0.05) is 6.07 Å². The minimum absolute atomic E-state index is 0.366. The molecule has 2 N–H and O–H groups in total. The van der Waals surface area contributed by atoms with Gasteiger partial charge < -0.3 is 10.5 Å². The van der Waals surface area contributed by atoms with Gasteiger partial charge in [0, 0.05) is 44.7 Å². The maximum absolute atomic E-state index is 5.89. The van der Waals surface area contributed by atoms with Crippen LogP contribution in [0.5, 0.6) is 0 Å². The Morgan fingerprint density at radius 3 is 3.06 bits per heavy atom. The third-order valence-electron chi connectivity index (χ3n) is 3.88. The molecular weight excluding hydrogens is 226 g/mol. The maximum atomic E-state index is 5.89. The van der Waals surface area contributed by atoms with E-state index in [2.05, 4.69) is 22.9 Å². The van der Waals surface area contributed by atoms with Crippen LogP contribution < -0.4 is 5.73 Å². The molecule has 1 aliphatic heterocycles. The number of piperidine rings is 1. The molecule has 1 aromatic heterocycles. The fraction of sp³-hybridized carbons (Fsp3) is 0.643. The van der Waals surface area contributed by atoms with Gasteiger partial charge in [-0.05, 0) is 31.4 Å². The van der Waals surface area contributed by atoms with Crippen LogP contribution in [0.2, 0.25) is 0 Å². The molecule has 0 aromatic carbocycles. The van der Waals surface area contributed by atoms with Crippen molar-refractivity contribution < 1.29 is 4.74 Å². The Morgan fingerprint density at radius 2 is 2.39 bits per heavy atom. The minimum Gasteiger partial charge on any atom is -0.381 e. The summed E-state index contributed by atoms with van der Waals surface area (Å²) in [6.07, 6.45) is 4.33. The maximum Gasteiger partial charge on any atom is 0.0599 e. The number of methoxy groups -OCH3 is 1. The van der Waals surface area contributed by atoms with E-state index in [4.69, 9.17) is 10.5 Å². The zero-order valence-electron chi connectivity index (χ0n) is 11.3. The molecule has 2 unspecified atom stereocenters. The Labute approximate surface area is 109 Å². The molecule has 1 aromatic rings. The molecule has 2 rings (SSSR count). The van der Waals surface area contributed by atoms with Crippen molar-refractivity contribution in [3.8, 4) is 0 Å². The molecule has 4 heteroatoms. The van der Waals surface area contributed by atoms with Gasteiger partial charge in [0.1, 0.15) is 0 Å². The van der Waals surface area contributed by atoms with E-state index in [0.29, 0.717) is 18.7 Å². The summed E-state index contributed by atoms with van der Waals surface area (Å²) in [7, 11) is 1.79. The first-order chi connectivity index (χ1) is 8.74. The Morgan fingerprint density at radius 1 is 1.56 bits per heavy atom. The first-order valence-electron chi connectivity index (χ1n) is 6.62. The molecule has 0 aliphatic carbocycles. The number of ether oxygens (including phenoxy) is 1. The lowest BCUT2D eigenvalue weighted by Gasteiger charge is -2.38. The van der Waals surface area contributed by atoms with Crippen LogP contribution in [0.4, 0.5) is 0 Å². The van der Waals surface area contributed by atoms with Crippen LogP contribution in [0.25, 0.3) is 0 Å². The van der Waals surface area contributed by atoms with Crippen LogP contribution >= 0.6 is 0 Å². The van der Waals surface area contributed by atoms with Crippen molar-refractivity contribution in [2.75, 3.05) is 20.2 Å². The van der Waals surface area contributed by atoms with E-state index in [-0.39, 0.29) is 0 Å². The predicted molar refractivity (Wildman–Crippen MR) is 72.3 cm³/mol. The third-order valence-corrected chi connectivity index (χ3v) is 3.88. The number of likely N-dealkylation sites (tertiary alicyclic amines) is 1. The van der Waals surface area contributed by atoms with Crippen LogP contribution in [0.3, 0.4) is 0 Å². The summed E-state index contributed by atoms with van der Waals surface area (Å²) >= 11 is 0. The number of hydrogen-bond acceptors (Lipinski definition) is 4. The van der Waals surface area contributed by atoms with Gasteiger partial charge in [-0.3, -0.25) is 9.88 Å². The van der Waals surface area contributed by atoms with Crippen molar-refractivity contribution in [2.24, 2.45) is 5.73 Å². The topological polar surface area (TPSA) is 51.4 Å². The molecule has 0 spiro atoms. The summed E-state index contributed by atoms with van der Waals surface area (Å²) in [5.74, 6) is 0. The lowest BCUT2D eigenvalue weighted by Crippen LogP contribution is -2.48. The van der Waals surface area contributed by atoms with E-state index >= 15 is 0 Å². The van der Waals surface area contributed by atoms with Gasteiger partial charge in [0.2, 0.25) is 0 Å². The smallest absolute Gasteiger partial charge is 0.0599 e. The number of pyridine rings is 1. The van der Waals surface area contributed by atoms with Gasteiger partial charge in [-0.25, -0.2) is 0 Å². The fourth-order valence-electron chi connectivity index (χ4n) is 2.63. The van der Waals surface area contributed by atoms with E-state index in [1.165, 1.54) is 5.56 Å².